The van der Waals surface area contributed by atoms with Crippen molar-refractivity contribution in [3.05, 3.63) is 59.2 Å². The van der Waals surface area contributed by atoms with Crippen LogP contribution in [0.1, 0.15) is 30.0 Å². The molecule has 116 valence electrons. The summed E-state index contributed by atoms with van der Waals surface area (Å²) in [5.74, 6) is 0.891. The molecule has 0 bridgehead atoms. The Morgan fingerprint density at radius 2 is 1.91 bits per heavy atom. The van der Waals surface area contributed by atoms with Gasteiger partial charge in [-0.3, -0.25) is 4.79 Å². The highest BCUT2D eigenvalue weighted by atomic mass is 16.5. The summed E-state index contributed by atoms with van der Waals surface area (Å²) in [5.41, 5.74) is 4.23. The summed E-state index contributed by atoms with van der Waals surface area (Å²) < 4.78 is 5.59. The third kappa shape index (κ3) is 4.35. The van der Waals surface area contributed by atoms with Crippen LogP contribution >= 0.6 is 0 Å². The minimum absolute atomic E-state index is 0.0262. The molecule has 0 unspecified atom stereocenters. The molecule has 2 aromatic rings. The van der Waals surface area contributed by atoms with Crippen LogP contribution in [0.5, 0.6) is 5.75 Å². The number of ether oxygens (including phenoxy) is 1. The Bertz CT molecular complexity index is 650. The molecule has 0 fully saturated rings. The normalized spacial score (nSPS) is 10.3. The SMILES string of the molecule is CCOc1ccccc1CCC(=O)Nc1ccc(C)cc1C. The first-order valence-electron chi connectivity index (χ1n) is 7.68. The first-order valence-corrected chi connectivity index (χ1v) is 7.68. The number of hydrogen-bond acceptors (Lipinski definition) is 2. The summed E-state index contributed by atoms with van der Waals surface area (Å²) in [5, 5.41) is 2.98. The Labute approximate surface area is 132 Å². The second-order valence-electron chi connectivity index (χ2n) is 5.41. The van der Waals surface area contributed by atoms with Gasteiger partial charge >= 0.3 is 0 Å². The van der Waals surface area contributed by atoms with Gasteiger partial charge in [0.25, 0.3) is 0 Å². The quantitative estimate of drug-likeness (QED) is 0.864. The topological polar surface area (TPSA) is 38.3 Å². The van der Waals surface area contributed by atoms with Gasteiger partial charge in [0.1, 0.15) is 5.75 Å². The molecule has 2 rings (SSSR count). The number of anilines is 1. The maximum atomic E-state index is 12.1. The molecule has 0 aromatic heterocycles. The minimum atomic E-state index is 0.0262. The molecule has 1 N–H and O–H groups in total. The van der Waals surface area contributed by atoms with E-state index in [-0.39, 0.29) is 5.91 Å². The lowest BCUT2D eigenvalue weighted by molar-refractivity contribution is -0.116. The molecule has 0 heterocycles. The van der Waals surface area contributed by atoms with Crippen molar-refractivity contribution >= 4 is 11.6 Å². The second kappa shape index (κ2) is 7.64. The van der Waals surface area contributed by atoms with Gasteiger partial charge in [-0.05, 0) is 50.5 Å². The maximum absolute atomic E-state index is 12.1. The Hall–Kier alpha value is -2.29. The number of rotatable bonds is 6. The van der Waals surface area contributed by atoms with Gasteiger partial charge in [0.05, 0.1) is 6.61 Å². The zero-order valence-corrected chi connectivity index (χ0v) is 13.5. The summed E-state index contributed by atoms with van der Waals surface area (Å²) in [4.78, 5) is 12.1. The van der Waals surface area contributed by atoms with Gasteiger partial charge in [0, 0.05) is 12.1 Å². The predicted octanol–water partition coefficient (Wildman–Crippen LogP) is 4.27. The van der Waals surface area contributed by atoms with Crippen LogP contribution in [-0.4, -0.2) is 12.5 Å². The van der Waals surface area contributed by atoms with Crippen LogP contribution in [0.4, 0.5) is 5.69 Å². The molecule has 0 spiro atoms. The van der Waals surface area contributed by atoms with Crippen LogP contribution in [-0.2, 0) is 11.2 Å². The van der Waals surface area contributed by atoms with Gasteiger partial charge < -0.3 is 10.1 Å². The van der Waals surface area contributed by atoms with Gasteiger partial charge in [-0.25, -0.2) is 0 Å². The fraction of sp³-hybridized carbons (Fsp3) is 0.316. The van der Waals surface area contributed by atoms with E-state index in [1.165, 1.54) is 5.56 Å². The van der Waals surface area contributed by atoms with E-state index in [9.17, 15) is 4.79 Å². The monoisotopic (exact) mass is 297 g/mol. The third-order valence-electron chi connectivity index (χ3n) is 3.55. The van der Waals surface area contributed by atoms with E-state index < -0.39 is 0 Å². The number of carbonyl (C=O) groups excluding carboxylic acids is 1. The lowest BCUT2D eigenvalue weighted by atomic mass is 10.1. The number of aryl methyl sites for hydroxylation is 3. The molecule has 0 atom stereocenters. The van der Waals surface area contributed by atoms with E-state index in [0.717, 1.165) is 22.6 Å². The maximum Gasteiger partial charge on any atom is 0.224 e. The molecule has 22 heavy (non-hydrogen) atoms. The van der Waals surface area contributed by atoms with Crippen LogP contribution in [0.25, 0.3) is 0 Å². The Morgan fingerprint density at radius 1 is 1.14 bits per heavy atom. The molecule has 0 radical (unpaired) electrons. The highest BCUT2D eigenvalue weighted by molar-refractivity contribution is 5.91. The van der Waals surface area contributed by atoms with Gasteiger partial charge in [-0.15, -0.1) is 0 Å². The molecule has 0 aliphatic carbocycles. The summed E-state index contributed by atoms with van der Waals surface area (Å²) in [6.45, 7) is 6.64. The number of nitrogens with one attached hydrogen (secondary N) is 1. The highest BCUT2D eigenvalue weighted by Crippen LogP contribution is 2.20. The fourth-order valence-corrected chi connectivity index (χ4v) is 2.42. The summed E-state index contributed by atoms with van der Waals surface area (Å²) in [7, 11) is 0. The standard InChI is InChI=1S/C19H23NO2/c1-4-22-18-8-6-5-7-16(18)10-12-19(21)20-17-11-9-14(2)13-15(17)3/h5-9,11,13H,4,10,12H2,1-3H3,(H,20,21). The van der Waals surface area contributed by atoms with E-state index in [1.54, 1.807) is 0 Å². The first kappa shape index (κ1) is 16.1. The van der Waals surface area contributed by atoms with Crippen molar-refractivity contribution in [1.29, 1.82) is 0 Å². The largest absolute Gasteiger partial charge is 0.494 e. The molecule has 3 nitrogen and oxygen atoms in total. The number of benzene rings is 2. The molecule has 0 aliphatic rings. The van der Waals surface area contributed by atoms with Crippen LogP contribution in [0, 0.1) is 13.8 Å². The number of carbonyl (C=O) groups is 1. The van der Waals surface area contributed by atoms with Crippen LogP contribution in [0.15, 0.2) is 42.5 Å². The fourth-order valence-electron chi connectivity index (χ4n) is 2.42. The molecular formula is C19H23NO2. The van der Waals surface area contributed by atoms with Crippen molar-refractivity contribution in [2.24, 2.45) is 0 Å². The van der Waals surface area contributed by atoms with Gasteiger partial charge in [-0.2, -0.15) is 0 Å². The van der Waals surface area contributed by atoms with Gasteiger partial charge in [0.2, 0.25) is 5.91 Å². The van der Waals surface area contributed by atoms with Gasteiger partial charge in [-0.1, -0.05) is 35.9 Å². The van der Waals surface area contributed by atoms with E-state index in [0.29, 0.717) is 19.4 Å². The smallest absolute Gasteiger partial charge is 0.224 e. The zero-order valence-electron chi connectivity index (χ0n) is 13.5. The molecule has 1 amide bonds. The van der Waals surface area contributed by atoms with E-state index in [2.05, 4.69) is 11.4 Å². The van der Waals surface area contributed by atoms with Crippen LogP contribution in [0.2, 0.25) is 0 Å². The number of amides is 1. The lowest BCUT2D eigenvalue weighted by Crippen LogP contribution is -2.13. The van der Waals surface area contributed by atoms with Crippen molar-refractivity contribution in [2.45, 2.75) is 33.6 Å². The molecule has 0 saturated carbocycles. The van der Waals surface area contributed by atoms with Crippen LogP contribution < -0.4 is 10.1 Å². The number of para-hydroxylation sites is 1. The average molecular weight is 297 g/mol. The van der Waals surface area contributed by atoms with Crippen molar-refractivity contribution in [3.8, 4) is 5.75 Å². The Balaban J connectivity index is 1.95. The van der Waals surface area contributed by atoms with Crippen LogP contribution in [0.3, 0.4) is 0 Å². The third-order valence-corrected chi connectivity index (χ3v) is 3.55. The predicted molar refractivity (Wildman–Crippen MR) is 90.5 cm³/mol. The molecule has 3 heteroatoms. The molecule has 0 saturated heterocycles. The summed E-state index contributed by atoms with van der Waals surface area (Å²) >= 11 is 0. The number of hydrogen-bond donors (Lipinski definition) is 1. The molecule has 0 aliphatic heterocycles. The van der Waals surface area contributed by atoms with E-state index in [1.807, 2.05) is 57.2 Å². The second-order valence-corrected chi connectivity index (χ2v) is 5.41. The van der Waals surface area contributed by atoms with E-state index in [4.69, 9.17) is 4.74 Å². The van der Waals surface area contributed by atoms with Crippen molar-refractivity contribution in [1.82, 2.24) is 0 Å². The lowest BCUT2D eigenvalue weighted by Gasteiger charge is -2.11. The first-order chi connectivity index (χ1) is 10.6. The Morgan fingerprint density at radius 3 is 2.64 bits per heavy atom. The average Bonchev–Trinajstić information content (AvgIpc) is 2.49. The van der Waals surface area contributed by atoms with Crippen molar-refractivity contribution < 1.29 is 9.53 Å². The van der Waals surface area contributed by atoms with Crippen molar-refractivity contribution in [3.63, 3.8) is 0 Å². The summed E-state index contributed by atoms with van der Waals surface area (Å²) in [6, 6.07) is 13.9. The Kier molecular flexibility index (Phi) is 5.59. The molecule has 2 aromatic carbocycles. The minimum Gasteiger partial charge on any atom is -0.494 e. The van der Waals surface area contributed by atoms with E-state index >= 15 is 0 Å². The summed E-state index contributed by atoms with van der Waals surface area (Å²) in [6.07, 6.45) is 1.12. The molecular weight excluding hydrogens is 274 g/mol. The highest BCUT2D eigenvalue weighted by Gasteiger charge is 2.08. The zero-order chi connectivity index (χ0) is 15.9. The van der Waals surface area contributed by atoms with Crippen molar-refractivity contribution in [2.75, 3.05) is 11.9 Å². The van der Waals surface area contributed by atoms with Gasteiger partial charge in [0.15, 0.2) is 0 Å².